The molecular formula is C30H43N5O7. The minimum atomic E-state index is -1.29. The highest BCUT2D eigenvalue weighted by Gasteiger charge is 2.33. The molecule has 5 atom stereocenters. The molecule has 0 heterocycles. The van der Waals surface area contributed by atoms with Crippen molar-refractivity contribution in [1.29, 1.82) is 0 Å². The number of carbonyl (C=O) groups is 4. The number of carbonyl (C=O) groups excluding carboxylic acids is 3. The maximum atomic E-state index is 13.6. The molecule has 10 N–H and O–H groups in total. The number of aliphatic carboxylic acids is 1. The number of hydrogen-bond donors (Lipinski definition) is 8. The summed E-state index contributed by atoms with van der Waals surface area (Å²) in [6.45, 7) is 4.05. The number of aromatic hydroxyl groups is 2. The zero-order chi connectivity index (χ0) is 31.2. The van der Waals surface area contributed by atoms with Gasteiger partial charge in [0.1, 0.15) is 29.6 Å². The van der Waals surface area contributed by atoms with Crippen LogP contribution in [0.1, 0.15) is 50.7 Å². The van der Waals surface area contributed by atoms with E-state index in [1.165, 1.54) is 24.3 Å². The predicted octanol–water partition coefficient (Wildman–Crippen LogP) is 0.924. The summed E-state index contributed by atoms with van der Waals surface area (Å²) in [7, 11) is 0. The van der Waals surface area contributed by atoms with Gasteiger partial charge in [0.05, 0.1) is 6.04 Å². The molecule has 2 rings (SSSR count). The Morgan fingerprint density at radius 3 is 1.74 bits per heavy atom. The van der Waals surface area contributed by atoms with Crippen LogP contribution in [0.3, 0.4) is 0 Å². The summed E-state index contributed by atoms with van der Waals surface area (Å²) < 4.78 is 0. The number of rotatable bonds is 17. The largest absolute Gasteiger partial charge is 0.508 e. The standard InChI is InChI=1S/C30H43N5O7/c1-3-18(2)26(29(40)34-25(30(41)42)17-20-9-13-22(37)14-10-20)35-28(39)24(16-19-7-11-21(36)12-8-19)33-27(38)23(32)6-4-5-15-31/h7-14,18,23-26,36-37H,3-6,15-17,31-32H2,1-2H3,(H,33,38)(H,34,40)(H,35,39)(H,41,42). The fourth-order valence-corrected chi connectivity index (χ4v) is 4.28. The summed E-state index contributed by atoms with van der Waals surface area (Å²) in [4.78, 5) is 51.8. The van der Waals surface area contributed by atoms with E-state index < -0.39 is 47.9 Å². The monoisotopic (exact) mass is 585 g/mol. The molecule has 0 bridgehead atoms. The van der Waals surface area contributed by atoms with E-state index in [-0.39, 0.29) is 30.3 Å². The molecule has 0 aliphatic carbocycles. The van der Waals surface area contributed by atoms with Gasteiger partial charge in [0.15, 0.2) is 0 Å². The third-order valence-corrected chi connectivity index (χ3v) is 7.10. The van der Waals surface area contributed by atoms with Crippen molar-refractivity contribution in [2.24, 2.45) is 17.4 Å². The Labute approximate surface area is 245 Å². The second kappa shape index (κ2) is 16.9. The van der Waals surface area contributed by atoms with E-state index in [9.17, 15) is 34.5 Å². The van der Waals surface area contributed by atoms with E-state index in [1.54, 1.807) is 31.2 Å². The average molecular weight is 586 g/mol. The normalized spacial score (nSPS) is 14.6. The van der Waals surface area contributed by atoms with E-state index >= 15 is 0 Å². The third-order valence-electron chi connectivity index (χ3n) is 7.10. The minimum Gasteiger partial charge on any atom is -0.508 e. The fraction of sp³-hybridized carbons (Fsp3) is 0.467. The van der Waals surface area contributed by atoms with Crippen LogP contribution < -0.4 is 27.4 Å². The highest BCUT2D eigenvalue weighted by atomic mass is 16.4. The first-order chi connectivity index (χ1) is 19.9. The minimum absolute atomic E-state index is 0.0275. The number of nitrogens with one attached hydrogen (secondary N) is 3. The molecule has 0 aliphatic heterocycles. The van der Waals surface area contributed by atoms with Crippen molar-refractivity contribution in [1.82, 2.24) is 16.0 Å². The van der Waals surface area contributed by atoms with Crippen molar-refractivity contribution in [2.75, 3.05) is 6.54 Å². The van der Waals surface area contributed by atoms with Gasteiger partial charge in [0.25, 0.3) is 0 Å². The Balaban J connectivity index is 2.23. The number of hydrogen-bond acceptors (Lipinski definition) is 8. The van der Waals surface area contributed by atoms with Gasteiger partial charge in [-0.25, -0.2) is 4.79 Å². The van der Waals surface area contributed by atoms with Crippen molar-refractivity contribution in [3.05, 3.63) is 59.7 Å². The molecule has 12 heteroatoms. The van der Waals surface area contributed by atoms with Gasteiger partial charge in [-0.1, -0.05) is 51.0 Å². The van der Waals surface area contributed by atoms with Gasteiger partial charge in [-0.3, -0.25) is 14.4 Å². The van der Waals surface area contributed by atoms with Crippen LogP contribution in [0.2, 0.25) is 0 Å². The first-order valence-electron chi connectivity index (χ1n) is 14.1. The van der Waals surface area contributed by atoms with Crippen LogP contribution in [0.4, 0.5) is 0 Å². The Morgan fingerprint density at radius 2 is 1.26 bits per heavy atom. The summed E-state index contributed by atoms with van der Waals surface area (Å²) in [6.07, 6.45) is 2.24. The first kappa shape index (κ1) is 34.0. The zero-order valence-electron chi connectivity index (χ0n) is 24.1. The quantitative estimate of drug-likeness (QED) is 0.124. The number of phenols is 2. The topological polar surface area (TPSA) is 217 Å². The fourth-order valence-electron chi connectivity index (χ4n) is 4.28. The molecule has 12 nitrogen and oxygen atoms in total. The van der Waals surface area contributed by atoms with Crippen molar-refractivity contribution in [2.45, 2.75) is 76.5 Å². The van der Waals surface area contributed by atoms with E-state index in [2.05, 4.69) is 16.0 Å². The molecule has 0 aliphatic rings. The lowest BCUT2D eigenvalue weighted by molar-refractivity contribution is -0.142. The van der Waals surface area contributed by atoms with Crippen LogP contribution in [0, 0.1) is 5.92 Å². The van der Waals surface area contributed by atoms with Gasteiger partial charge < -0.3 is 42.7 Å². The lowest BCUT2D eigenvalue weighted by Crippen LogP contribution is -2.59. The molecule has 230 valence electrons. The van der Waals surface area contributed by atoms with Crippen LogP contribution in [-0.4, -0.2) is 69.7 Å². The molecule has 0 saturated carbocycles. The summed E-state index contributed by atoms with van der Waals surface area (Å²) in [5, 5.41) is 36.8. The van der Waals surface area contributed by atoms with Crippen LogP contribution in [0.5, 0.6) is 11.5 Å². The Hall–Kier alpha value is -4.16. The summed E-state index contributed by atoms with van der Waals surface area (Å²) in [5.41, 5.74) is 12.8. The summed E-state index contributed by atoms with van der Waals surface area (Å²) >= 11 is 0. The molecule has 5 unspecified atom stereocenters. The van der Waals surface area contributed by atoms with E-state index in [0.29, 0.717) is 43.4 Å². The SMILES string of the molecule is CCC(C)C(NC(=O)C(Cc1ccc(O)cc1)NC(=O)C(N)CCCCN)C(=O)NC(Cc1ccc(O)cc1)C(=O)O. The molecule has 3 amide bonds. The highest BCUT2D eigenvalue weighted by Crippen LogP contribution is 2.15. The molecule has 42 heavy (non-hydrogen) atoms. The molecule has 2 aromatic rings. The maximum Gasteiger partial charge on any atom is 0.326 e. The van der Waals surface area contributed by atoms with Crippen LogP contribution in [0.25, 0.3) is 0 Å². The average Bonchev–Trinajstić information content (AvgIpc) is 2.96. The Kier molecular flexibility index (Phi) is 13.7. The molecule has 0 radical (unpaired) electrons. The van der Waals surface area contributed by atoms with Crippen LogP contribution in [-0.2, 0) is 32.0 Å². The number of phenolic OH excluding ortho intramolecular Hbond substituents is 2. The van der Waals surface area contributed by atoms with Crippen molar-refractivity contribution in [3.63, 3.8) is 0 Å². The van der Waals surface area contributed by atoms with Crippen molar-refractivity contribution >= 4 is 23.7 Å². The number of benzene rings is 2. The zero-order valence-corrected chi connectivity index (χ0v) is 24.1. The van der Waals surface area contributed by atoms with Gasteiger partial charge in [-0.2, -0.15) is 0 Å². The summed E-state index contributed by atoms with van der Waals surface area (Å²) in [5.74, 6) is -3.42. The molecule has 0 spiro atoms. The first-order valence-corrected chi connectivity index (χ1v) is 14.1. The lowest BCUT2D eigenvalue weighted by atomic mass is 9.96. The van der Waals surface area contributed by atoms with Gasteiger partial charge in [0.2, 0.25) is 17.7 Å². The van der Waals surface area contributed by atoms with Crippen molar-refractivity contribution < 1.29 is 34.5 Å². The Bertz CT molecular complexity index is 1170. The smallest absolute Gasteiger partial charge is 0.326 e. The molecule has 0 saturated heterocycles. The van der Waals surface area contributed by atoms with Crippen molar-refractivity contribution in [3.8, 4) is 11.5 Å². The molecule has 0 aromatic heterocycles. The molecule has 0 fully saturated rings. The van der Waals surface area contributed by atoms with Crippen LogP contribution in [0.15, 0.2) is 48.5 Å². The van der Waals surface area contributed by atoms with E-state index in [4.69, 9.17) is 11.5 Å². The van der Waals surface area contributed by atoms with Gasteiger partial charge in [0, 0.05) is 12.8 Å². The van der Waals surface area contributed by atoms with Gasteiger partial charge in [-0.05, 0) is 60.7 Å². The Morgan fingerprint density at radius 1 is 0.762 bits per heavy atom. The van der Waals surface area contributed by atoms with Gasteiger partial charge in [-0.15, -0.1) is 0 Å². The molecular weight excluding hydrogens is 542 g/mol. The number of carboxylic acids is 1. The second-order valence-corrected chi connectivity index (χ2v) is 10.5. The van der Waals surface area contributed by atoms with Crippen LogP contribution >= 0.6 is 0 Å². The maximum absolute atomic E-state index is 13.6. The van der Waals surface area contributed by atoms with E-state index in [1.807, 2.05) is 6.92 Å². The lowest BCUT2D eigenvalue weighted by Gasteiger charge is -2.28. The predicted molar refractivity (Wildman–Crippen MR) is 157 cm³/mol. The number of nitrogens with two attached hydrogens (primary N) is 2. The number of unbranched alkanes of at least 4 members (excludes halogenated alkanes) is 1. The highest BCUT2D eigenvalue weighted by molar-refractivity contribution is 5.94. The van der Waals surface area contributed by atoms with E-state index in [0.717, 1.165) is 0 Å². The van der Waals surface area contributed by atoms with Gasteiger partial charge >= 0.3 is 5.97 Å². The summed E-state index contributed by atoms with van der Waals surface area (Å²) in [6, 6.07) is 7.75. The number of amides is 3. The second-order valence-electron chi connectivity index (χ2n) is 10.5. The third kappa shape index (κ3) is 11.0. The molecule has 2 aromatic carbocycles. The number of carboxylic acid groups (broad SMARTS) is 1.